The van der Waals surface area contributed by atoms with Crippen LogP contribution in [0, 0.1) is 19.8 Å². The molecule has 0 aliphatic carbocycles. The number of nitrogens with two attached hydrogens (primary N) is 1. The standard InChI is InChI=1S/C17H28N2O/c1-13-7-14(2)9-16(8-13)17(18)11-19(3)10-15-5-4-6-20-12-15/h7-9,15,17H,4-6,10-12,18H2,1-3H3. The van der Waals surface area contributed by atoms with Gasteiger partial charge in [0, 0.05) is 25.7 Å². The molecule has 1 aliphatic rings. The molecular weight excluding hydrogens is 248 g/mol. The van der Waals surface area contributed by atoms with Gasteiger partial charge in [0.25, 0.3) is 0 Å². The first-order valence-electron chi connectivity index (χ1n) is 7.64. The Labute approximate surface area is 123 Å². The second-order valence-electron chi connectivity index (χ2n) is 6.33. The lowest BCUT2D eigenvalue weighted by atomic mass is 9.99. The van der Waals surface area contributed by atoms with Gasteiger partial charge in [0.2, 0.25) is 0 Å². The van der Waals surface area contributed by atoms with Crippen molar-refractivity contribution < 1.29 is 4.74 Å². The summed E-state index contributed by atoms with van der Waals surface area (Å²) in [7, 11) is 2.16. The van der Waals surface area contributed by atoms with Gasteiger partial charge < -0.3 is 15.4 Å². The molecule has 112 valence electrons. The van der Waals surface area contributed by atoms with E-state index in [9.17, 15) is 0 Å². The van der Waals surface area contributed by atoms with Crippen molar-refractivity contribution in [3.63, 3.8) is 0 Å². The molecular formula is C17H28N2O. The number of benzene rings is 1. The van der Waals surface area contributed by atoms with Crippen LogP contribution in [-0.2, 0) is 4.74 Å². The van der Waals surface area contributed by atoms with Crippen molar-refractivity contribution in [2.75, 3.05) is 33.4 Å². The number of hydrogen-bond donors (Lipinski definition) is 1. The molecule has 0 aromatic heterocycles. The maximum atomic E-state index is 6.37. The highest BCUT2D eigenvalue weighted by Crippen LogP contribution is 2.18. The van der Waals surface area contributed by atoms with Gasteiger partial charge in [0.05, 0.1) is 6.61 Å². The van der Waals surface area contributed by atoms with Crippen molar-refractivity contribution in [1.82, 2.24) is 4.90 Å². The van der Waals surface area contributed by atoms with Crippen molar-refractivity contribution >= 4 is 0 Å². The summed E-state index contributed by atoms with van der Waals surface area (Å²) in [5.41, 5.74) is 10.2. The maximum absolute atomic E-state index is 6.37. The van der Waals surface area contributed by atoms with Gasteiger partial charge in [-0.3, -0.25) is 0 Å². The molecule has 0 amide bonds. The number of ether oxygens (including phenoxy) is 1. The van der Waals surface area contributed by atoms with E-state index in [1.54, 1.807) is 0 Å². The zero-order valence-corrected chi connectivity index (χ0v) is 13.1. The van der Waals surface area contributed by atoms with Crippen molar-refractivity contribution in [3.05, 3.63) is 34.9 Å². The summed E-state index contributed by atoms with van der Waals surface area (Å²) in [6.45, 7) is 8.09. The fraction of sp³-hybridized carbons (Fsp3) is 0.647. The SMILES string of the molecule is Cc1cc(C)cc(C(N)CN(C)CC2CCCOC2)c1. The van der Waals surface area contributed by atoms with E-state index in [1.165, 1.54) is 29.5 Å². The Balaban J connectivity index is 1.87. The van der Waals surface area contributed by atoms with E-state index in [0.717, 1.165) is 26.3 Å². The minimum Gasteiger partial charge on any atom is -0.381 e. The number of hydrogen-bond acceptors (Lipinski definition) is 3. The van der Waals surface area contributed by atoms with Crippen molar-refractivity contribution in [3.8, 4) is 0 Å². The van der Waals surface area contributed by atoms with Gasteiger partial charge in [-0.15, -0.1) is 0 Å². The van der Waals surface area contributed by atoms with Crippen LogP contribution < -0.4 is 5.73 Å². The van der Waals surface area contributed by atoms with Crippen LogP contribution in [0.1, 0.15) is 35.6 Å². The third-order valence-electron chi connectivity index (χ3n) is 4.01. The molecule has 1 saturated heterocycles. The highest BCUT2D eigenvalue weighted by molar-refractivity contribution is 5.30. The summed E-state index contributed by atoms with van der Waals surface area (Å²) in [6, 6.07) is 6.69. The van der Waals surface area contributed by atoms with Gasteiger partial charge in [0.1, 0.15) is 0 Å². The minimum atomic E-state index is 0.0862. The van der Waals surface area contributed by atoms with Crippen LogP contribution in [0.3, 0.4) is 0 Å². The lowest BCUT2D eigenvalue weighted by molar-refractivity contribution is 0.0414. The molecule has 1 aromatic carbocycles. The lowest BCUT2D eigenvalue weighted by Gasteiger charge is -2.28. The lowest BCUT2D eigenvalue weighted by Crippen LogP contribution is -2.35. The average molecular weight is 276 g/mol. The normalized spacial score (nSPS) is 21.1. The highest BCUT2D eigenvalue weighted by atomic mass is 16.5. The second-order valence-corrected chi connectivity index (χ2v) is 6.33. The van der Waals surface area contributed by atoms with Crippen LogP contribution in [0.5, 0.6) is 0 Å². The molecule has 2 rings (SSSR count). The minimum absolute atomic E-state index is 0.0862. The molecule has 3 nitrogen and oxygen atoms in total. The van der Waals surface area contributed by atoms with Crippen LogP contribution in [0.2, 0.25) is 0 Å². The highest BCUT2D eigenvalue weighted by Gasteiger charge is 2.17. The molecule has 0 radical (unpaired) electrons. The number of nitrogens with zero attached hydrogens (tertiary/aromatic N) is 1. The Bertz CT molecular complexity index is 407. The molecule has 1 aromatic rings. The fourth-order valence-corrected chi connectivity index (χ4v) is 3.13. The largest absolute Gasteiger partial charge is 0.381 e. The first-order chi connectivity index (χ1) is 9.54. The monoisotopic (exact) mass is 276 g/mol. The molecule has 2 atom stereocenters. The molecule has 1 aliphatic heterocycles. The molecule has 0 bridgehead atoms. The van der Waals surface area contributed by atoms with Crippen LogP contribution >= 0.6 is 0 Å². The predicted molar refractivity (Wildman–Crippen MR) is 83.9 cm³/mol. The number of rotatable bonds is 5. The summed E-state index contributed by atoms with van der Waals surface area (Å²) < 4.78 is 5.55. The Morgan fingerprint density at radius 3 is 2.60 bits per heavy atom. The summed E-state index contributed by atoms with van der Waals surface area (Å²) >= 11 is 0. The van der Waals surface area contributed by atoms with Gasteiger partial charge in [-0.05, 0) is 45.2 Å². The first kappa shape index (κ1) is 15.5. The Hall–Kier alpha value is -0.900. The third-order valence-corrected chi connectivity index (χ3v) is 4.01. The molecule has 3 heteroatoms. The maximum Gasteiger partial charge on any atom is 0.0506 e. The van der Waals surface area contributed by atoms with Crippen molar-refractivity contribution in [2.45, 2.75) is 32.7 Å². The summed E-state index contributed by atoms with van der Waals surface area (Å²) in [5, 5.41) is 0. The molecule has 2 unspecified atom stereocenters. The zero-order valence-electron chi connectivity index (χ0n) is 13.1. The van der Waals surface area contributed by atoms with E-state index in [-0.39, 0.29) is 6.04 Å². The van der Waals surface area contributed by atoms with Crippen LogP contribution in [-0.4, -0.2) is 38.3 Å². The van der Waals surface area contributed by atoms with Gasteiger partial charge in [-0.2, -0.15) is 0 Å². The van der Waals surface area contributed by atoms with Crippen molar-refractivity contribution in [2.24, 2.45) is 11.7 Å². The smallest absolute Gasteiger partial charge is 0.0506 e. The van der Waals surface area contributed by atoms with E-state index in [0.29, 0.717) is 5.92 Å². The predicted octanol–water partition coefficient (Wildman–Crippen LogP) is 2.66. The number of aryl methyl sites for hydroxylation is 2. The molecule has 20 heavy (non-hydrogen) atoms. The fourth-order valence-electron chi connectivity index (χ4n) is 3.13. The zero-order chi connectivity index (χ0) is 14.5. The van der Waals surface area contributed by atoms with E-state index in [2.05, 4.69) is 44.0 Å². The average Bonchev–Trinajstić information content (AvgIpc) is 2.38. The second kappa shape index (κ2) is 7.21. The third kappa shape index (κ3) is 4.58. The van der Waals surface area contributed by atoms with Crippen LogP contribution in [0.25, 0.3) is 0 Å². The topological polar surface area (TPSA) is 38.5 Å². The van der Waals surface area contributed by atoms with Gasteiger partial charge in [-0.1, -0.05) is 29.3 Å². The Morgan fingerprint density at radius 1 is 1.30 bits per heavy atom. The summed E-state index contributed by atoms with van der Waals surface area (Å²) in [4.78, 5) is 2.35. The van der Waals surface area contributed by atoms with Gasteiger partial charge in [-0.25, -0.2) is 0 Å². The molecule has 0 spiro atoms. The number of likely N-dealkylation sites (N-methyl/N-ethyl adjacent to an activating group) is 1. The quantitative estimate of drug-likeness (QED) is 0.898. The van der Waals surface area contributed by atoms with E-state index >= 15 is 0 Å². The molecule has 1 fully saturated rings. The van der Waals surface area contributed by atoms with E-state index in [1.807, 2.05) is 0 Å². The van der Waals surface area contributed by atoms with Gasteiger partial charge in [0.15, 0.2) is 0 Å². The molecule has 2 N–H and O–H groups in total. The summed E-state index contributed by atoms with van der Waals surface area (Å²) in [5.74, 6) is 0.667. The Kier molecular flexibility index (Phi) is 5.58. The van der Waals surface area contributed by atoms with E-state index in [4.69, 9.17) is 10.5 Å². The van der Waals surface area contributed by atoms with Crippen LogP contribution in [0.4, 0.5) is 0 Å². The first-order valence-corrected chi connectivity index (χ1v) is 7.64. The molecule has 0 saturated carbocycles. The molecule has 1 heterocycles. The van der Waals surface area contributed by atoms with Crippen LogP contribution in [0.15, 0.2) is 18.2 Å². The van der Waals surface area contributed by atoms with Gasteiger partial charge >= 0.3 is 0 Å². The van der Waals surface area contributed by atoms with E-state index < -0.39 is 0 Å². The van der Waals surface area contributed by atoms with Crippen molar-refractivity contribution in [1.29, 1.82) is 0 Å². The summed E-state index contributed by atoms with van der Waals surface area (Å²) in [6.07, 6.45) is 2.48. The Morgan fingerprint density at radius 2 is 2.00 bits per heavy atom.